The second-order valence-corrected chi connectivity index (χ2v) is 5.04. The van der Waals surface area contributed by atoms with E-state index in [1.807, 2.05) is 19.2 Å². The number of aromatic nitrogens is 2. The Morgan fingerprint density at radius 3 is 2.94 bits per heavy atom. The summed E-state index contributed by atoms with van der Waals surface area (Å²) in [6.45, 7) is 4.45. The molecule has 0 spiro atoms. The van der Waals surface area contributed by atoms with Crippen LogP contribution in [0, 0.1) is 6.92 Å². The third kappa shape index (κ3) is 2.03. The van der Waals surface area contributed by atoms with Crippen LogP contribution in [0.5, 0.6) is 0 Å². The fourth-order valence-corrected chi connectivity index (χ4v) is 2.64. The highest BCUT2D eigenvalue weighted by Gasteiger charge is 2.17. The van der Waals surface area contributed by atoms with Gasteiger partial charge in [-0.1, -0.05) is 6.92 Å². The van der Waals surface area contributed by atoms with E-state index >= 15 is 0 Å². The lowest BCUT2D eigenvalue weighted by molar-refractivity contribution is 0.0793. The number of rotatable bonds is 3. The predicted octanol–water partition coefficient (Wildman–Crippen LogP) is 1.55. The lowest BCUT2D eigenvalue weighted by Crippen LogP contribution is -2.33. The summed E-state index contributed by atoms with van der Waals surface area (Å²) in [6, 6.07) is 0. The molecule has 0 aromatic carbocycles. The molecule has 0 unspecified atom stereocenters. The van der Waals surface area contributed by atoms with E-state index in [9.17, 15) is 9.59 Å². The normalized spacial score (nSPS) is 10.8. The number of carbonyl (C=O) groups excluding carboxylic acids is 1. The second kappa shape index (κ2) is 4.89. The van der Waals surface area contributed by atoms with Crippen molar-refractivity contribution >= 4 is 22.2 Å². The molecule has 2 heterocycles. The average molecular weight is 265 g/mol. The highest BCUT2D eigenvalue weighted by Crippen LogP contribution is 2.11. The van der Waals surface area contributed by atoms with Crippen molar-refractivity contribution in [3.8, 4) is 0 Å². The molecule has 2 aromatic rings. The predicted molar refractivity (Wildman–Crippen MR) is 71.3 cm³/mol. The van der Waals surface area contributed by atoms with Crippen LogP contribution < -0.4 is 5.56 Å². The molecule has 0 N–H and O–H groups in total. The highest BCUT2D eigenvalue weighted by atomic mass is 32.1. The minimum Gasteiger partial charge on any atom is -0.341 e. The third-order valence-corrected chi connectivity index (χ3v) is 3.71. The second-order valence-electron chi connectivity index (χ2n) is 4.20. The van der Waals surface area contributed by atoms with Crippen molar-refractivity contribution in [2.24, 2.45) is 0 Å². The number of hydrogen-bond acceptors (Lipinski definition) is 4. The molecule has 6 heteroatoms. The quantitative estimate of drug-likeness (QED) is 0.846. The topological polar surface area (TPSA) is 54.7 Å². The number of thiazole rings is 1. The first kappa shape index (κ1) is 12.8. The summed E-state index contributed by atoms with van der Waals surface area (Å²) in [7, 11) is 1.70. The Balaban J connectivity index is 2.52. The first-order valence-corrected chi connectivity index (χ1v) is 6.65. The van der Waals surface area contributed by atoms with Crippen LogP contribution in [0.2, 0.25) is 0 Å². The molecule has 0 aliphatic heterocycles. The van der Waals surface area contributed by atoms with Crippen molar-refractivity contribution in [2.75, 3.05) is 13.6 Å². The number of amides is 1. The van der Waals surface area contributed by atoms with E-state index in [1.165, 1.54) is 21.9 Å². The summed E-state index contributed by atoms with van der Waals surface area (Å²) in [5, 5.41) is 1.85. The minimum atomic E-state index is -0.285. The fourth-order valence-electron chi connectivity index (χ4n) is 1.81. The van der Waals surface area contributed by atoms with Crippen LogP contribution in [0.4, 0.5) is 0 Å². The molecule has 5 nitrogen and oxygen atoms in total. The number of aryl methyl sites for hydroxylation is 1. The molecule has 0 atom stereocenters. The maximum atomic E-state index is 12.2. The zero-order valence-electron chi connectivity index (χ0n) is 10.6. The van der Waals surface area contributed by atoms with E-state index in [2.05, 4.69) is 4.98 Å². The summed E-state index contributed by atoms with van der Waals surface area (Å²) in [6.07, 6.45) is 2.23. The molecule has 0 aliphatic rings. The summed E-state index contributed by atoms with van der Waals surface area (Å²) >= 11 is 1.39. The lowest BCUT2D eigenvalue weighted by atomic mass is 10.3. The van der Waals surface area contributed by atoms with Crippen LogP contribution >= 0.6 is 11.3 Å². The van der Waals surface area contributed by atoms with E-state index in [0.29, 0.717) is 11.5 Å². The highest BCUT2D eigenvalue weighted by molar-refractivity contribution is 7.15. The van der Waals surface area contributed by atoms with E-state index in [0.717, 1.165) is 12.1 Å². The van der Waals surface area contributed by atoms with Crippen LogP contribution in [0.25, 0.3) is 4.96 Å². The third-order valence-electron chi connectivity index (χ3n) is 2.75. The zero-order chi connectivity index (χ0) is 13.3. The molecule has 1 amide bonds. The van der Waals surface area contributed by atoms with Crippen molar-refractivity contribution in [3.05, 3.63) is 33.2 Å². The van der Waals surface area contributed by atoms with Gasteiger partial charge in [-0.15, -0.1) is 11.3 Å². The Kier molecular flexibility index (Phi) is 3.47. The average Bonchev–Trinajstić information content (AvgIpc) is 2.72. The van der Waals surface area contributed by atoms with Crippen molar-refractivity contribution in [3.63, 3.8) is 0 Å². The van der Waals surface area contributed by atoms with Gasteiger partial charge in [0.2, 0.25) is 0 Å². The molecule has 18 heavy (non-hydrogen) atoms. The largest absolute Gasteiger partial charge is 0.341 e. The van der Waals surface area contributed by atoms with Gasteiger partial charge >= 0.3 is 0 Å². The van der Waals surface area contributed by atoms with E-state index in [1.54, 1.807) is 11.9 Å². The van der Waals surface area contributed by atoms with E-state index in [4.69, 9.17) is 0 Å². The van der Waals surface area contributed by atoms with E-state index < -0.39 is 0 Å². The Hall–Kier alpha value is -1.69. The Morgan fingerprint density at radius 2 is 2.28 bits per heavy atom. The molecule has 0 aliphatic carbocycles. The van der Waals surface area contributed by atoms with Gasteiger partial charge in [0.1, 0.15) is 5.56 Å². The molecule has 2 aromatic heterocycles. The van der Waals surface area contributed by atoms with Crippen LogP contribution in [0.3, 0.4) is 0 Å². The Bertz CT molecular complexity index is 644. The van der Waals surface area contributed by atoms with Gasteiger partial charge in [0.05, 0.1) is 0 Å². The van der Waals surface area contributed by atoms with Gasteiger partial charge in [-0.25, -0.2) is 4.98 Å². The summed E-state index contributed by atoms with van der Waals surface area (Å²) < 4.78 is 1.48. The van der Waals surface area contributed by atoms with Crippen molar-refractivity contribution in [1.82, 2.24) is 14.3 Å². The molecule has 0 radical (unpaired) electrons. The van der Waals surface area contributed by atoms with Gasteiger partial charge in [-0.3, -0.25) is 14.0 Å². The smallest absolute Gasteiger partial charge is 0.271 e. The van der Waals surface area contributed by atoms with Crippen molar-refractivity contribution in [1.29, 1.82) is 0 Å². The molecule has 0 fully saturated rings. The van der Waals surface area contributed by atoms with Crippen LogP contribution in [0.1, 0.15) is 29.4 Å². The van der Waals surface area contributed by atoms with Crippen LogP contribution in [-0.4, -0.2) is 33.8 Å². The maximum absolute atomic E-state index is 12.2. The van der Waals surface area contributed by atoms with Gasteiger partial charge in [0, 0.05) is 30.9 Å². The first-order valence-electron chi connectivity index (χ1n) is 5.77. The summed E-state index contributed by atoms with van der Waals surface area (Å²) in [4.78, 5) is 30.7. The van der Waals surface area contributed by atoms with Crippen LogP contribution in [-0.2, 0) is 0 Å². The van der Waals surface area contributed by atoms with E-state index in [-0.39, 0.29) is 17.0 Å². The SMILES string of the molecule is CCCN(C)C(=O)c1cnc2scc(C)n2c1=O. The summed E-state index contributed by atoms with van der Waals surface area (Å²) in [5.41, 5.74) is 0.650. The molecular formula is C12H15N3O2S. The molecule has 0 saturated carbocycles. The standard InChI is InChI=1S/C12H15N3O2S/c1-4-5-14(3)10(16)9-6-13-12-15(11(9)17)8(2)7-18-12/h6-7H,4-5H2,1-3H3. The Labute approximate surface area is 109 Å². The maximum Gasteiger partial charge on any atom is 0.271 e. The van der Waals surface area contributed by atoms with Crippen molar-refractivity contribution < 1.29 is 4.79 Å². The monoisotopic (exact) mass is 265 g/mol. The van der Waals surface area contributed by atoms with Crippen LogP contribution in [0.15, 0.2) is 16.4 Å². The zero-order valence-corrected chi connectivity index (χ0v) is 11.5. The molecule has 96 valence electrons. The fraction of sp³-hybridized carbons (Fsp3) is 0.417. The molecule has 0 saturated heterocycles. The van der Waals surface area contributed by atoms with Gasteiger partial charge in [0.25, 0.3) is 11.5 Å². The Morgan fingerprint density at radius 1 is 1.56 bits per heavy atom. The molecular weight excluding hydrogens is 250 g/mol. The van der Waals surface area contributed by atoms with Gasteiger partial charge in [-0.2, -0.15) is 0 Å². The van der Waals surface area contributed by atoms with Gasteiger partial charge in [0.15, 0.2) is 4.96 Å². The number of fused-ring (bicyclic) bond motifs is 1. The number of hydrogen-bond donors (Lipinski definition) is 0. The van der Waals surface area contributed by atoms with Gasteiger partial charge in [-0.05, 0) is 13.3 Å². The minimum absolute atomic E-state index is 0.130. The summed E-state index contributed by atoms with van der Waals surface area (Å²) in [5.74, 6) is -0.269. The molecule has 0 bridgehead atoms. The van der Waals surface area contributed by atoms with Crippen molar-refractivity contribution in [2.45, 2.75) is 20.3 Å². The number of nitrogens with zero attached hydrogens (tertiary/aromatic N) is 3. The number of carbonyl (C=O) groups is 1. The van der Waals surface area contributed by atoms with Gasteiger partial charge < -0.3 is 4.90 Å². The molecule has 2 rings (SSSR count). The first-order chi connectivity index (χ1) is 8.56. The lowest BCUT2D eigenvalue weighted by Gasteiger charge is -2.15.